The van der Waals surface area contributed by atoms with Crippen molar-refractivity contribution in [3.05, 3.63) is 124 Å². The monoisotopic (exact) mass is 1030 g/mol. The van der Waals surface area contributed by atoms with Crippen molar-refractivity contribution in [2.75, 3.05) is 47.0 Å². The molecule has 4 aliphatic heterocycles. The van der Waals surface area contributed by atoms with Gasteiger partial charge in [0.2, 0.25) is 17.7 Å². The number of nitrogens with one attached hydrogen (secondary N) is 3. The Balaban J connectivity index is 0.925. The number of rotatable bonds is 20. The first-order valence-electron chi connectivity index (χ1n) is 24.3. The van der Waals surface area contributed by atoms with Crippen LogP contribution < -0.4 is 50.4 Å². The average molecular weight is 1030 g/mol. The molecule has 5 aromatic carbocycles. The zero-order valence-corrected chi connectivity index (χ0v) is 43.1. The summed E-state index contributed by atoms with van der Waals surface area (Å²) < 4.78 is 24.3. The summed E-state index contributed by atoms with van der Waals surface area (Å²) in [7, 11) is 6.34. The number of nitrogens with zero attached hydrogens (tertiary/aromatic N) is 3. The number of aliphatic imine (C=N–C) groups is 1. The molecule has 0 spiro atoms. The zero-order valence-electron chi connectivity index (χ0n) is 41.5. The van der Waals surface area contributed by atoms with Gasteiger partial charge >= 0.3 is 0 Å². The molecule has 0 bridgehead atoms. The number of nitrogens with two attached hydrogens (primary N) is 1. The summed E-state index contributed by atoms with van der Waals surface area (Å²) in [5.74, 6) is 0.950. The van der Waals surface area contributed by atoms with Gasteiger partial charge in [0, 0.05) is 71.7 Å². The molecule has 4 aliphatic rings. The quantitative estimate of drug-likeness (QED) is 0.0427. The summed E-state index contributed by atoms with van der Waals surface area (Å²) in [6.07, 6.45) is 5.03. The molecule has 9 rings (SSSR count). The van der Waals surface area contributed by atoms with Gasteiger partial charge in [0.25, 0.3) is 11.8 Å². The first-order valence-corrected chi connectivity index (χ1v) is 26.6. The maximum Gasteiger partial charge on any atom is 0.261 e. The van der Waals surface area contributed by atoms with E-state index in [2.05, 4.69) is 35.9 Å². The van der Waals surface area contributed by atoms with Crippen molar-refractivity contribution < 1.29 is 42.9 Å². The molecule has 0 radical (unpaired) electrons. The Morgan fingerprint density at radius 2 is 1.44 bits per heavy atom. The predicted molar refractivity (Wildman–Crippen MR) is 287 cm³/mol. The van der Waals surface area contributed by atoms with Crippen LogP contribution in [0.5, 0.6) is 23.0 Å². The molecule has 5 aromatic rings. The van der Waals surface area contributed by atoms with E-state index in [1.165, 1.54) is 14.2 Å². The number of carbonyl (C=O) groups is 5. The molecule has 0 aromatic heterocycles. The molecule has 16 nitrogen and oxygen atoms in total. The van der Waals surface area contributed by atoms with Crippen LogP contribution in [0, 0.1) is 0 Å². The fourth-order valence-electron chi connectivity index (χ4n) is 9.52. The third kappa shape index (κ3) is 11.4. The van der Waals surface area contributed by atoms with Gasteiger partial charge in [-0.3, -0.25) is 33.9 Å². The van der Waals surface area contributed by atoms with Gasteiger partial charge in [-0.1, -0.05) is 58.0 Å². The van der Waals surface area contributed by atoms with E-state index in [1.54, 1.807) is 76.0 Å². The number of hydrogen-bond acceptors (Lipinski definition) is 13. The summed E-state index contributed by atoms with van der Waals surface area (Å²) in [6.45, 7) is 6.34. The maximum absolute atomic E-state index is 14.1. The molecule has 18 heteroatoms. The van der Waals surface area contributed by atoms with E-state index in [1.807, 2.05) is 53.4 Å². The minimum Gasteiger partial charge on any atom is -0.493 e. The van der Waals surface area contributed by atoms with Crippen LogP contribution >= 0.6 is 21.6 Å². The molecular formula is C55H59N7O9S2. The minimum atomic E-state index is -0.870. The fourth-order valence-corrected chi connectivity index (χ4v) is 12.2. The molecule has 0 aliphatic carbocycles. The van der Waals surface area contributed by atoms with Crippen LogP contribution in [0.3, 0.4) is 0 Å². The number of benzene rings is 5. The van der Waals surface area contributed by atoms with Gasteiger partial charge in [-0.05, 0) is 105 Å². The molecule has 0 unspecified atom stereocenters. The topological polar surface area (TPSA) is 203 Å². The van der Waals surface area contributed by atoms with Crippen molar-refractivity contribution in [2.45, 2.75) is 95.4 Å². The Morgan fingerprint density at radius 1 is 0.808 bits per heavy atom. The van der Waals surface area contributed by atoms with Crippen LogP contribution in [-0.4, -0.2) is 85.1 Å². The first kappa shape index (κ1) is 50.7. The summed E-state index contributed by atoms with van der Waals surface area (Å²) in [4.78, 5) is 74.6. The van der Waals surface area contributed by atoms with Crippen molar-refractivity contribution in [1.29, 1.82) is 0 Å². The van der Waals surface area contributed by atoms with Crippen LogP contribution in [0.2, 0.25) is 0 Å². The predicted octanol–water partition coefficient (Wildman–Crippen LogP) is 8.80. The number of carbonyl (C=O) groups excluding carboxylic acids is 5. The van der Waals surface area contributed by atoms with Gasteiger partial charge in [-0.15, -0.1) is 0 Å². The Hall–Kier alpha value is -7.18. The van der Waals surface area contributed by atoms with Gasteiger partial charge < -0.3 is 45.5 Å². The van der Waals surface area contributed by atoms with E-state index in [-0.39, 0.29) is 60.1 Å². The lowest BCUT2D eigenvalue weighted by atomic mass is 10.1. The van der Waals surface area contributed by atoms with Crippen LogP contribution in [0.25, 0.3) is 0 Å². The van der Waals surface area contributed by atoms with Gasteiger partial charge in [-0.2, -0.15) is 0 Å². The standard InChI is InChI=1S/C55H59N7O9S2/c1-32(59-51(64)16-17-55(2,3)73-72-18-10-15-50(56)63)52(65)60-37-20-33(30-70-48-26-42-40(24-46(48)68-4)53(66)61-38(28-57-42)22-35-11-6-8-13-44(35)61)19-34(21-37)31-71-49-27-43-41(25-47(49)69-5)54(67)62-39(29-58-43)23-36-12-7-9-14-45(36)62/h6-9,11-14,19-21,24-28,32,38-39,58H,10,15-18,22-23,29-31H2,1-5H3,(H2,56,63)(H,59,64)(H,60,65)/t32-,38-,39-/m0/s1. The molecule has 3 atom stereocenters. The number of fused-ring (bicyclic) bond motifs is 8. The largest absolute Gasteiger partial charge is 0.493 e. The minimum absolute atomic E-state index is 0.0180. The van der Waals surface area contributed by atoms with Crippen molar-refractivity contribution in [3.63, 3.8) is 0 Å². The molecule has 0 saturated carbocycles. The molecule has 5 amide bonds. The Bertz CT molecular complexity index is 3000. The second-order valence-electron chi connectivity index (χ2n) is 19.1. The molecule has 4 heterocycles. The number of methoxy groups -OCH3 is 2. The van der Waals surface area contributed by atoms with E-state index in [9.17, 15) is 24.0 Å². The summed E-state index contributed by atoms with van der Waals surface area (Å²) in [5, 5.41) is 9.30. The highest BCUT2D eigenvalue weighted by Gasteiger charge is 2.39. The molecule has 380 valence electrons. The van der Waals surface area contributed by atoms with Gasteiger partial charge in [0.1, 0.15) is 19.3 Å². The lowest BCUT2D eigenvalue weighted by Crippen LogP contribution is -2.42. The van der Waals surface area contributed by atoms with Gasteiger partial charge in [-0.25, -0.2) is 0 Å². The van der Waals surface area contributed by atoms with E-state index in [0.29, 0.717) is 94.5 Å². The first-order chi connectivity index (χ1) is 35.2. The van der Waals surface area contributed by atoms with E-state index in [4.69, 9.17) is 29.7 Å². The summed E-state index contributed by atoms with van der Waals surface area (Å²) in [6, 6.07) is 27.0. The number of primary amides is 1. The molecule has 73 heavy (non-hydrogen) atoms. The average Bonchev–Trinajstić information content (AvgIpc) is 3.87. The molecular weight excluding hydrogens is 967 g/mol. The molecule has 5 N–H and O–H groups in total. The Labute approximate surface area is 432 Å². The normalized spacial score (nSPS) is 16.6. The highest BCUT2D eigenvalue weighted by atomic mass is 33.1. The highest BCUT2D eigenvalue weighted by molar-refractivity contribution is 8.77. The zero-order chi connectivity index (χ0) is 51.4. The van der Waals surface area contributed by atoms with Crippen LogP contribution in [0.4, 0.5) is 28.4 Å². The highest BCUT2D eigenvalue weighted by Crippen LogP contribution is 2.43. The Morgan fingerprint density at radius 3 is 2.12 bits per heavy atom. The lowest BCUT2D eigenvalue weighted by Gasteiger charge is -2.23. The van der Waals surface area contributed by atoms with Crippen LogP contribution in [0.15, 0.2) is 96.0 Å². The van der Waals surface area contributed by atoms with Crippen LogP contribution in [0.1, 0.15) is 89.4 Å². The van der Waals surface area contributed by atoms with Crippen molar-refractivity contribution >= 4 is 85.8 Å². The number of anilines is 4. The number of amides is 5. The van der Waals surface area contributed by atoms with Crippen molar-refractivity contribution in [2.24, 2.45) is 10.7 Å². The maximum atomic E-state index is 14.1. The molecule has 0 fully saturated rings. The number of hydrogen-bond donors (Lipinski definition) is 4. The summed E-state index contributed by atoms with van der Waals surface area (Å²) in [5.41, 5.74) is 12.9. The SMILES string of the molecule is COc1cc2c(cc1OCc1cc(COc3cc4c(cc3OC)C(=O)N3c5ccccc5C[C@H]3CN4)cc(NC(=O)[C@H](C)NC(=O)CCC(C)(C)SSCCCC(N)=O)c1)N=C[C@@H]1Cc3ccccc3N1C2=O. The number of para-hydroxylation sites is 2. The summed E-state index contributed by atoms with van der Waals surface area (Å²) >= 11 is 0. The smallest absolute Gasteiger partial charge is 0.261 e. The third-order valence-electron chi connectivity index (χ3n) is 13.3. The van der Waals surface area contributed by atoms with Crippen molar-refractivity contribution in [3.8, 4) is 23.0 Å². The van der Waals surface area contributed by atoms with Crippen molar-refractivity contribution in [1.82, 2.24) is 5.32 Å². The number of ether oxygens (including phenoxy) is 4. The van der Waals surface area contributed by atoms with E-state index < -0.39 is 11.9 Å². The molecule has 0 saturated heterocycles. The second kappa shape index (κ2) is 21.9. The fraction of sp³-hybridized carbons (Fsp3) is 0.345. The van der Waals surface area contributed by atoms with Gasteiger partial charge in [0.05, 0.1) is 48.8 Å². The lowest BCUT2D eigenvalue weighted by molar-refractivity contribution is -0.126. The Kier molecular flexibility index (Phi) is 15.2. The van der Waals surface area contributed by atoms with Gasteiger partial charge in [0.15, 0.2) is 23.0 Å². The van der Waals surface area contributed by atoms with E-state index in [0.717, 1.165) is 34.7 Å². The van der Waals surface area contributed by atoms with E-state index >= 15 is 0 Å². The van der Waals surface area contributed by atoms with Crippen LogP contribution in [-0.2, 0) is 40.4 Å². The third-order valence-corrected chi connectivity index (χ3v) is 16.7. The second-order valence-corrected chi connectivity index (χ2v) is 22.2.